The van der Waals surface area contributed by atoms with Gasteiger partial charge < -0.3 is 10.1 Å². The van der Waals surface area contributed by atoms with Gasteiger partial charge in [0.1, 0.15) is 0 Å². The molecule has 22 heavy (non-hydrogen) atoms. The highest BCUT2D eigenvalue weighted by molar-refractivity contribution is 6.33. The van der Waals surface area contributed by atoms with Gasteiger partial charge in [0.05, 0.1) is 17.2 Å². The highest BCUT2D eigenvalue weighted by atomic mass is 35.5. The lowest BCUT2D eigenvalue weighted by molar-refractivity contribution is 0.0526. The molecule has 114 valence electrons. The first-order valence-corrected chi connectivity index (χ1v) is 7.24. The minimum atomic E-state index is -0.514. The number of hydrogen-bond donors (Lipinski definition) is 1. The molecule has 0 atom stereocenters. The smallest absolute Gasteiger partial charge is 0.339 e. The van der Waals surface area contributed by atoms with Crippen LogP contribution >= 0.6 is 11.6 Å². The van der Waals surface area contributed by atoms with E-state index < -0.39 is 5.97 Å². The molecule has 0 aliphatic carbocycles. The second kappa shape index (κ2) is 7.09. The number of esters is 1. The lowest BCUT2D eigenvalue weighted by Crippen LogP contribution is -2.14. The van der Waals surface area contributed by atoms with E-state index in [0.717, 1.165) is 5.56 Å². The van der Waals surface area contributed by atoms with Gasteiger partial charge in [-0.3, -0.25) is 4.79 Å². The van der Waals surface area contributed by atoms with Crippen LogP contribution in [0.15, 0.2) is 42.5 Å². The zero-order valence-electron chi connectivity index (χ0n) is 12.4. The summed E-state index contributed by atoms with van der Waals surface area (Å²) in [4.78, 5) is 24.1. The Morgan fingerprint density at radius 1 is 1.14 bits per heavy atom. The molecule has 1 amide bonds. The predicted octanol–water partition coefficient (Wildman–Crippen LogP) is 4.08. The number of carbonyl (C=O) groups is 2. The second-order valence-electron chi connectivity index (χ2n) is 4.68. The monoisotopic (exact) mass is 317 g/mol. The first-order chi connectivity index (χ1) is 10.5. The molecule has 0 saturated carbocycles. The zero-order valence-corrected chi connectivity index (χ0v) is 13.1. The molecule has 4 nitrogen and oxygen atoms in total. The quantitative estimate of drug-likeness (QED) is 0.864. The largest absolute Gasteiger partial charge is 0.462 e. The van der Waals surface area contributed by atoms with Gasteiger partial charge in [0, 0.05) is 11.3 Å². The standard InChI is InChI=1S/C17H16ClNO3/c1-3-22-17(21)14-10-12(8-9-15(14)18)19-16(20)13-7-5-4-6-11(13)2/h4-10H,3H2,1-2H3,(H,19,20). The number of hydrogen-bond acceptors (Lipinski definition) is 3. The molecule has 0 aromatic heterocycles. The van der Waals surface area contributed by atoms with Crippen LogP contribution in [-0.4, -0.2) is 18.5 Å². The van der Waals surface area contributed by atoms with Gasteiger partial charge in [-0.25, -0.2) is 4.79 Å². The molecule has 0 unspecified atom stereocenters. The Labute approximate surface area is 134 Å². The molecule has 0 bridgehead atoms. The van der Waals surface area contributed by atoms with Crippen LogP contribution in [0.5, 0.6) is 0 Å². The fourth-order valence-electron chi connectivity index (χ4n) is 1.99. The molecular formula is C17H16ClNO3. The van der Waals surface area contributed by atoms with Gasteiger partial charge in [0.2, 0.25) is 0 Å². The van der Waals surface area contributed by atoms with Gasteiger partial charge in [0.25, 0.3) is 5.91 Å². The maximum absolute atomic E-state index is 12.3. The highest BCUT2D eigenvalue weighted by Crippen LogP contribution is 2.22. The van der Waals surface area contributed by atoms with Gasteiger partial charge in [-0.1, -0.05) is 29.8 Å². The summed E-state index contributed by atoms with van der Waals surface area (Å²) in [5.41, 5.74) is 2.17. The Morgan fingerprint density at radius 3 is 2.55 bits per heavy atom. The Balaban J connectivity index is 2.23. The number of amides is 1. The third kappa shape index (κ3) is 3.65. The molecule has 5 heteroatoms. The van der Waals surface area contributed by atoms with E-state index in [1.54, 1.807) is 31.2 Å². The van der Waals surface area contributed by atoms with Gasteiger partial charge >= 0.3 is 5.97 Å². The van der Waals surface area contributed by atoms with E-state index in [1.807, 2.05) is 19.1 Å². The fraction of sp³-hybridized carbons (Fsp3) is 0.176. The summed E-state index contributed by atoms with van der Waals surface area (Å²) in [6.07, 6.45) is 0. The maximum atomic E-state index is 12.3. The summed E-state index contributed by atoms with van der Waals surface area (Å²) < 4.78 is 4.94. The van der Waals surface area contributed by atoms with E-state index in [2.05, 4.69) is 5.32 Å². The Bertz CT molecular complexity index is 713. The first-order valence-electron chi connectivity index (χ1n) is 6.86. The van der Waals surface area contributed by atoms with Crippen molar-refractivity contribution in [1.82, 2.24) is 0 Å². The number of carbonyl (C=O) groups excluding carboxylic acids is 2. The first kappa shape index (κ1) is 16.0. The van der Waals surface area contributed by atoms with E-state index in [1.165, 1.54) is 6.07 Å². The molecule has 2 rings (SSSR count). The second-order valence-corrected chi connectivity index (χ2v) is 5.09. The minimum absolute atomic E-state index is 0.228. The molecule has 0 aliphatic heterocycles. The number of nitrogens with one attached hydrogen (secondary N) is 1. The highest BCUT2D eigenvalue weighted by Gasteiger charge is 2.14. The number of ether oxygens (including phenoxy) is 1. The normalized spacial score (nSPS) is 10.1. The number of benzene rings is 2. The van der Waals surface area contributed by atoms with Crippen molar-refractivity contribution in [3.8, 4) is 0 Å². The summed E-state index contributed by atoms with van der Waals surface area (Å²) in [5.74, 6) is -0.755. The molecule has 1 N–H and O–H groups in total. The van der Waals surface area contributed by atoms with Crippen molar-refractivity contribution in [2.75, 3.05) is 11.9 Å². The Morgan fingerprint density at radius 2 is 1.86 bits per heavy atom. The Kier molecular flexibility index (Phi) is 5.17. The van der Waals surface area contributed by atoms with Crippen molar-refractivity contribution in [2.45, 2.75) is 13.8 Å². The van der Waals surface area contributed by atoms with E-state index in [4.69, 9.17) is 16.3 Å². The molecule has 0 radical (unpaired) electrons. The third-order valence-corrected chi connectivity index (χ3v) is 3.44. The molecule has 2 aromatic carbocycles. The topological polar surface area (TPSA) is 55.4 Å². The predicted molar refractivity (Wildman–Crippen MR) is 86.5 cm³/mol. The number of rotatable bonds is 4. The molecule has 0 saturated heterocycles. The molecule has 0 aliphatic rings. The van der Waals surface area contributed by atoms with Crippen molar-refractivity contribution in [3.63, 3.8) is 0 Å². The number of aryl methyl sites for hydroxylation is 1. The van der Waals surface area contributed by atoms with Crippen LogP contribution in [0.2, 0.25) is 5.02 Å². The van der Waals surface area contributed by atoms with Crippen molar-refractivity contribution in [3.05, 3.63) is 64.2 Å². The van der Waals surface area contributed by atoms with Crippen molar-refractivity contribution < 1.29 is 14.3 Å². The zero-order chi connectivity index (χ0) is 16.1. The molecular weight excluding hydrogens is 302 g/mol. The van der Waals surface area contributed by atoms with Crippen LogP contribution in [0.4, 0.5) is 5.69 Å². The fourth-order valence-corrected chi connectivity index (χ4v) is 2.19. The lowest BCUT2D eigenvalue weighted by atomic mass is 10.1. The Hall–Kier alpha value is -2.33. The summed E-state index contributed by atoms with van der Waals surface area (Å²) in [6, 6.07) is 12.0. The number of halogens is 1. The maximum Gasteiger partial charge on any atom is 0.339 e. The van der Waals surface area contributed by atoms with Crippen LogP contribution in [0.1, 0.15) is 33.2 Å². The number of anilines is 1. The van der Waals surface area contributed by atoms with Gasteiger partial charge in [-0.05, 0) is 43.7 Å². The van der Waals surface area contributed by atoms with Gasteiger partial charge in [-0.2, -0.15) is 0 Å². The van der Waals surface area contributed by atoms with Crippen LogP contribution in [0.3, 0.4) is 0 Å². The van der Waals surface area contributed by atoms with E-state index >= 15 is 0 Å². The minimum Gasteiger partial charge on any atom is -0.462 e. The third-order valence-electron chi connectivity index (χ3n) is 3.11. The lowest BCUT2D eigenvalue weighted by Gasteiger charge is -2.10. The SMILES string of the molecule is CCOC(=O)c1cc(NC(=O)c2ccccc2C)ccc1Cl. The van der Waals surface area contributed by atoms with Crippen LogP contribution in [-0.2, 0) is 4.74 Å². The molecule has 0 heterocycles. The van der Waals surface area contributed by atoms with E-state index in [9.17, 15) is 9.59 Å². The summed E-state index contributed by atoms with van der Waals surface area (Å²) >= 11 is 5.99. The van der Waals surface area contributed by atoms with Crippen molar-refractivity contribution >= 4 is 29.2 Å². The van der Waals surface area contributed by atoms with E-state index in [0.29, 0.717) is 11.3 Å². The molecule has 2 aromatic rings. The van der Waals surface area contributed by atoms with Crippen LogP contribution in [0, 0.1) is 6.92 Å². The van der Waals surface area contributed by atoms with Gasteiger partial charge in [0.15, 0.2) is 0 Å². The average Bonchev–Trinajstić information content (AvgIpc) is 2.49. The molecule has 0 spiro atoms. The molecule has 0 fully saturated rings. The van der Waals surface area contributed by atoms with Crippen LogP contribution < -0.4 is 5.32 Å². The summed E-state index contributed by atoms with van der Waals surface area (Å²) in [7, 11) is 0. The van der Waals surface area contributed by atoms with Crippen molar-refractivity contribution in [1.29, 1.82) is 0 Å². The van der Waals surface area contributed by atoms with Gasteiger partial charge in [-0.15, -0.1) is 0 Å². The summed E-state index contributed by atoms with van der Waals surface area (Å²) in [5, 5.41) is 3.04. The van der Waals surface area contributed by atoms with Crippen molar-refractivity contribution in [2.24, 2.45) is 0 Å². The average molecular weight is 318 g/mol. The van der Waals surface area contributed by atoms with Crippen LogP contribution in [0.25, 0.3) is 0 Å². The van der Waals surface area contributed by atoms with E-state index in [-0.39, 0.29) is 23.1 Å². The summed E-state index contributed by atoms with van der Waals surface area (Å²) in [6.45, 7) is 3.84.